The van der Waals surface area contributed by atoms with E-state index in [1.165, 1.54) is 11.6 Å². The highest BCUT2D eigenvalue weighted by Gasteiger charge is 2.36. The van der Waals surface area contributed by atoms with Crippen LogP contribution in [0.15, 0.2) is 0 Å². The summed E-state index contributed by atoms with van der Waals surface area (Å²) in [5.74, 6) is 0. The van der Waals surface area contributed by atoms with Gasteiger partial charge in [-0.2, -0.15) is 13.2 Å². The second kappa shape index (κ2) is 4.61. The van der Waals surface area contributed by atoms with Crippen molar-refractivity contribution in [2.24, 2.45) is 0 Å². The molecule has 0 spiro atoms. The molecule has 0 aromatic carbocycles. The number of nitrogens with one attached hydrogen (secondary N) is 1. The molecule has 0 saturated heterocycles. The molecular formula is C10H15F3N2S. The predicted molar refractivity (Wildman–Crippen MR) is 59.0 cm³/mol. The Bertz CT molecular complexity index is 413. The number of aromatic amines is 1. The summed E-state index contributed by atoms with van der Waals surface area (Å²) in [6, 6.07) is 0.00213. The number of hydrogen-bond donors (Lipinski definition) is 1. The summed E-state index contributed by atoms with van der Waals surface area (Å²) in [6.07, 6.45) is -2.86. The van der Waals surface area contributed by atoms with Gasteiger partial charge in [-0.25, -0.2) is 0 Å². The number of rotatable bonds is 3. The van der Waals surface area contributed by atoms with Crippen LogP contribution in [0.25, 0.3) is 0 Å². The van der Waals surface area contributed by atoms with Crippen molar-refractivity contribution < 1.29 is 13.2 Å². The Kier molecular flexibility index (Phi) is 3.83. The smallest absolute Gasteiger partial charge is 0.293 e. The molecule has 92 valence electrons. The standard InChI is InChI=1S/C10H15F3N2S/c1-4-7(5-2)15-9(16)6(3)8(14-15)10(11,12)13/h7,14H,4-5H2,1-3H3. The molecule has 2 nitrogen and oxygen atoms in total. The van der Waals surface area contributed by atoms with Crippen molar-refractivity contribution >= 4 is 12.2 Å². The number of hydrogen-bond acceptors (Lipinski definition) is 1. The van der Waals surface area contributed by atoms with Gasteiger partial charge in [-0.05, 0) is 19.8 Å². The van der Waals surface area contributed by atoms with Crippen molar-refractivity contribution in [3.05, 3.63) is 15.9 Å². The van der Waals surface area contributed by atoms with Gasteiger partial charge >= 0.3 is 6.18 Å². The molecule has 0 atom stereocenters. The maximum atomic E-state index is 12.6. The zero-order valence-corrected chi connectivity index (χ0v) is 10.3. The van der Waals surface area contributed by atoms with Crippen molar-refractivity contribution in [3.63, 3.8) is 0 Å². The van der Waals surface area contributed by atoms with E-state index in [2.05, 4.69) is 5.10 Å². The maximum Gasteiger partial charge on any atom is 0.433 e. The highest BCUT2D eigenvalue weighted by atomic mass is 32.1. The third-order valence-corrected chi connectivity index (χ3v) is 3.24. The van der Waals surface area contributed by atoms with E-state index in [-0.39, 0.29) is 16.2 Å². The van der Waals surface area contributed by atoms with Crippen LogP contribution in [0.2, 0.25) is 0 Å². The minimum atomic E-state index is -4.37. The second-order valence-corrected chi connectivity index (χ2v) is 4.14. The van der Waals surface area contributed by atoms with Gasteiger partial charge in [0.05, 0.1) is 6.04 Å². The Morgan fingerprint density at radius 1 is 1.31 bits per heavy atom. The average molecular weight is 252 g/mol. The summed E-state index contributed by atoms with van der Waals surface area (Å²) in [6.45, 7) is 5.26. The molecule has 1 aromatic rings. The topological polar surface area (TPSA) is 20.7 Å². The lowest BCUT2D eigenvalue weighted by atomic mass is 10.2. The SMILES string of the molecule is CCC(CC)n1[nH]c(C(F)(F)F)c(C)c1=S. The van der Waals surface area contributed by atoms with Gasteiger partial charge in [0.25, 0.3) is 0 Å². The molecule has 16 heavy (non-hydrogen) atoms. The molecule has 1 heterocycles. The highest BCUT2D eigenvalue weighted by Crippen LogP contribution is 2.32. The lowest BCUT2D eigenvalue weighted by molar-refractivity contribution is -0.142. The van der Waals surface area contributed by atoms with Crippen molar-refractivity contribution in [3.8, 4) is 0 Å². The Morgan fingerprint density at radius 2 is 1.81 bits per heavy atom. The Hall–Kier alpha value is -0.780. The van der Waals surface area contributed by atoms with E-state index in [4.69, 9.17) is 12.2 Å². The summed E-state index contributed by atoms with van der Waals surface area (Å²) in [5.41, 5.74) is -0.626. The molecular weight excluding hydrogens is 237 g/mol. The summed E-state index contributed by atoms with van der Waals surface area (Å²) < 4.78 is 39.6. The van der Waals surface area contributed by atoms with Crippen molar-refractivity contribution in [1.82, 2.24) is 9.78 Å². The van der Waals surface area contributed by atoms with Gasteiger partial charge in [-0.3, -0.25) is 9.78 Å². The van der Waals surface area contributed by atoms with Crippen molar-refractivity contribution in [2.45, 2.75) is 45.8 Å². The molecule has 0 saturated carbocycles. The van der Waals surface area contributed by atoms with E-state index < -0.39 is 11.9 Å². The third-order valence-electron chi connectivity index (χ3n) is 2.74. The molecule has 6 heteroatoms. The molecule has 1 rings (SSSR count). The Balaban J connectivity index is 3.30. The van der Waals surface area contributed by atoms with Crippen LogP contribution in [-0.2, 0) is 6.18 Å². The third kappa shape index (κ3) is 2.31. The van der Waals surface area contributed by atoms with E-state index in [1.54, 1.807) is 0 Å². The molecule has 0 aliphatic heterocycles. The molecule has 0 bridgehead atoms. The van der Waals surface area contributed by atoms with E-state index in [9.17, 15) is 13.2 Å². The van der Waals surface area contributed by atoms with Gasteiger partial charge in [-0.15, -0.1) is 0 Å². The zero-order chi connectivity index (χ0) is 12.5. The largest absolute Gasteiger partial charge is 0.433 e. The summed E-state index contributed by atoms with van der Waals surface area (Å²) in [4.78, 5) is 0. The molecule has 0 aliphatic rings. The molecule has 0 fully saturated rings. The first-order valence-corrected chi connectivity index (χ1v) is 5.62. The second-order valence-electron chi connectivity index (χ2n) is 3.76. The summed E-state index contributed by atoms with van der Waals surface area (Å²) in [5, 5.41) is 2.38. The average Bonchev–Trinajstić information content (AvgIpc) is 2.47. The van der Waals surface area contributed by atoms with Crippen LogP contribution in [0, 0.1) is 11.6 Å². The van der Waals surface area contributed by atoms with E-state index >= 15 is 0 Å². The lowest BCUT2D eigenvalue weighted by Crippen LogP contribution is -2.12. The van der Waals surface area contributed by atoms with Crippen molar-refractivity contribution in [2.75, 3.05) is 0 Å². The first kappa shape index (κ1) is 13.3. The Labute approximate surface area is 97.4 Å². The molecule has 0 unspecified atom stereocenters. The van der Waals surface area contributed by atoms with Gasteiger partial charge in [0.2, 0.25) is 0 Å². The first-order chi connectivity index (χ1) is 7.32. The van der Waals surface area contributed by atoms with Gasteiger partial charge in [0, 0.05) is 5.56 Å². The van der Waals surface area contributed by atoms with Crippen LogP contribution >= 0.6 is 12.2 Å². The molecule has 0 amide bonds. The fourth-order valence-corrected chi connectivity index (χ4v) is 2.03. The van der Waals surface area contributed by atoms with E-state index in [1.807, 2.05) is 13.8 Å². The number of H-pyrrole nitrogens is 1. The van der Waals surface area contributed by atoms with Gasteiger partial charge in [0.15, 0.2) is 0 Å². The zero-order valence-electron chi connectivity index (χ0n) is 9.48. The first-order valence-electron chi connectivity index (χ1n) is 5.21. The monoisotopic (exact) mass is 252 g/mol. The van der Waals surface area contributed by atoms with Crippen LogP contribution in [0.5, 0.6) is 0 Å². The van der Waals surface area contributed by atoms with Crippen LogP contribution in [0.1, 0.15) is 44.0 Å². The Morgan fingerprint density at radius 3 is 2.12 bits per heavy atom. The number of halogens is 3. The van der Waals surface area contributed by atoms with Gasteiger partial charge in [-0.1, -0.05) is 26.1 Å². The fourth-order valence-electron chi connectivity index (χ4n) is 1.73. The lowest BCUT2D eigenvalue weighted by Gasteiger charge is -2.14. The molecule has 1 aromatic heterocycles. The van der Waals surface area contributed by atoms with E-state index in [0.717, 1.165) is 12.8 Å². The minimum Gasteiger partial charge on any atom is -0.293 e. The molecule has 0 radical (unpaired) electrons. The van der Waals surface area contributed by atoms with Gasteiger partial charge in [0.1, 0.15) is 10.3 Å². The molecule has 1 N–H and O–H groups in total. The number of aromatic nitrogens is 2. The van der Waals surface area contributed by atoms with Crippen LogP contribution in [0.4, 0.5) is 13.2 Å². The number of alkyl halides is 3. The minimum absolute atomic E-state index is 0.00213. The fraction of sp³-hybridized carbons (Fsp3) is 0.700. The van der Waals surface area contributed by atoms with E-state index in [0.29, 0.717) is 0 Å². The normalized spacial score (nSPS) is 12.4. The summed E-state index contributed by atoms with van der Waals surface area (Å²) in [7, 11) is 0. The quantitative estimate of drug-likeness (QED) is 0.798. The van der Waals surface area contributed by atoms with Crippen LogP contribution in [-0.4, -0.2) is 9.78 Å². The van der Waals surface area contributed by atoms with Crippen LogP contribution in [0.3, 0.4) is 0 Å². The predicted octanol–water partition coefficient (Wildman–Crippen LogP) is 4.23. The number of nitrogens with zero attached hydrogens (tertiary/aromatic N) is 1. The van der Waals surface area contributed by atoms with Gasteiger partial charge < -0.3 is 0 Å². The maximum absolute atomic E-state index is 12.6. The van der Waals surface area contributed by atoms with Crippen LogP contribution < -0.4 is 0 Å². The highest BCUT2D eigenvalue weighted by molar-refractivity contribution is 7.71. The van der Waals surface area contributed by atoms with Crippen molar-refractivity contribution in [1.29, 1.82) is 0 Å². The summed E-state index contributed by atoms with van der Waals surface area (Å²) >= 11 is 5.02. The molecule has 0 aliphatic carbocycles.